The fraction of sp³-hybridized carbons (Fsp3) is 0.667. The summed E-state index contributed by atoms with van der Waals surface area (Å²) in [6.07, 6.45) is 0. The van der Waals surface area contributed by atoms with Crippen LogP contribution in [0.25, 0.3) is 0 Å². The number of nitrogens with one attached hydrogen (secondary N) is 1. The molecular weight excluding hydrogens is 308 g/mol. The van der Waals surface area contributed by atoms with Gasteiger partial charge in [-0.1, -0.05) is 0 Å². The van der Waals surface area contributed by atoms with Crippen LogP contribution in [0.2, 0.25) is 0 Å². The molecule has 2 unspecified atom stereocenters. The molecule has 0 aromatic rings. The molecule has 0 aromatic carbocycles. The molecule has 0 aliphatic heterocycles. The Morgan fingerprint density at radius 1 is 1.05 bits per heavy atom. The Morgan fingerprint density at radius 3 is 1.74 bits per heavy atom. The Morgan fingerprint density at radius 2 is 1.47 bits per heavy atom. The second-order valence-corrected chi connectivity index (χ2v) is 6.52. The number of carbonyl (C=O) groups is 2. The highest BCUT2D eigenvalue weighted by molar-refractivity contribution is 7.87. The molecule has 0 bridgehead atoms. The van der Waals surface area contributed by atoms with Crippen molar-refractivity contribution in [1.29, 1.82) is 0 Å². The Kier molecular flexibility index (Phi) is 5.83. The van der Waals surface area contributed by atoms with Crippen LogP contribution in [-0.2, 0) is 29.8 Å². The standard InChI is InChI=1S/C6H12N2O9S2/c7-1-3(18(12,13)14)5(9)8-2-4(6(10)11)19(15,16)17/h3-4H,1-2,7H2,(H,8,9)(H,10,11)(H,12,13,14)(H,15,16,17). The van der Waals surface area contributed by atoms with Gasteiger partial charge in [0.2, 0.25) is 11.2 Å². The third-order valence-corrected chi connectivity index (χ3v) is 4.18. The van der Waals surface area contributed by atoms with Crippen LogP contribution < -0.4 is 11.1 Å². The summed E-state index contributed by atoms with van der Waals surface area (Å²) >= 11 is 0. The predicted octanol–water partition coefficient (Wildman–Crippen LogP) is -3.34. The summed E-state index contributed by atoms with van der Waals surface area (Å²) in [5, 5.41) is 5.71. The maximum atomic E-state index is 11.3. The topological polar surface area (TPSA) is 201 Å². The van der Waals surface area contributed by atoms with Crippen molar-refractivity contribution < 1.29 is 40.6 Å². The van der Waals surface area contributed by atoms with Crippen molar-refractivity contribution in [2.75, 3.05) is 13.1 Å². The highest BCUT2D eigenvalue weighted by atomic mass is 32.2. The predicted molar refractivity (Wildman–Crippen MR) is 60.4 cm³/mol. The quantitative estimate of drug-likeness (QED) is 0.295. The molecule has 0 aliphatic carbocycles. The highest BCUT2D eigenvalue weighted by Crippen LogP contribution is 2.00. The minimum absolute atomic E-state index is 0.797. The molecule has 0 radical (unpaired) electrons. The third kappa shape index (κ3) is 5.48. The average Bonchev–Trinajstić information content (AvgIpc) is 2.13. The normalized spacial score (nSPS) is 15.5. The van der Waals surface area contributed by atoms with Crippen molar-refractivity contribution >= 4 is 32.1 Å². The first-order valence-corrected chi connectivity index (χ1v) is 7.55. The zero-order valence-electron chi connectivity index (χ0n) is 9.25. The Labute approximate surface area is 108 Å². The van der Waals surface area contributed by atoms with Gasteiger partial charge in [0, 0.05) is 13.1 Å². The summed E-state index contributed by atoms with van der Waals surface area (Å²) in [7, 11) is -9.80. The fourth-order valence-electron chi connectivity index (χ4n) is 0.991. The Hall–Kier alpha value is -1.28. The number of rotatable bonds is 7. The van der Waals surface area contributed by atoms with E-state index in [4.69, 9.17) is 19.9 Å². The van der Waals surface area contributed by atoms with E-state index in [-0.39, 0.29) is 0 Å². The van der Waals surface area contributed by atoms with Gasteiger partial charge >= 0.3 is 5.97 Å². The van der Waals surface area contributed by atoms with E-state index >= 15 is 0 Å². The largest absolute Gasteiger partial charge is 0.480 e. The van der Waals surface area contributed by atoms with E-state index in [0.29, 0.717) is 0 Å². The molecule has 0 saturated heterocycles. The van der Waals surface area contributed by atoms with Crippen LogP contribution >= 0.6 is 0 Å². The van der Waals surface area contributed by atoms with Gasteiger partial charge in [0.25, 0.3) is 20.2 Å². The van der Waals surface area contributed by atoms with Crippen molar-refractivity contribution in [2.24, 2.45) is 5.73 Å². The number of hydrogen-bond donors (Lipinski definition) is 5. The summed E-state index contributed by atoms with van der Waals surface area (Å²) in [6, 6.07) is 0. The summed E-state index contributed by atoms with van der Waals surface area (Å²) < 4.78 is 59.9. The van der Waals surface area contributed by atoms with Gasteiger partial charge in [-0.05, 0) is 0 Å². The van der Waals surface area contributed by atoms with Gasteiger partial charge in [0.1, 0.15) is 0 Å². The lowest BCUT2D eigenvalue weighted by Gasteiger charge is -2.14. The van der Waals surface area contributed by atoms with Crippen molar-refractivity contribution in [2.45, 2.75) is 10.5 Å². The van der Waals surface area contributed by atoms with Crippen LogP contribution in [0.3, 0.4) is 0 Å². The van der Waals surface area contributed by atoms with Gasteiger partial charge in [-0.3, -0.25) is 18.7 Å². The maximum Gasteiger partial charge on any atom is 0.326 e. The first-order chi connectivity index (χ1) is 8.41. The first-order valence-electron chi connectivity index (χ1n) is 4.54. The summed E-state index contributed by atoms with van der Waals surface area (Å²) in [5.41, 5.74) is 4.93. The lowest BCUT2D eigenvalue weighted by molar-refractivity contribution is -0.136. The molecule has 13 heteroatoms. The van der Waals surface area contributed by atoms with Crippen LogP contribution in [-0.4, -0.2) is 66.5 Å². The number of carboxylic acid groups (broad SMARTS) is 1. The van der Waals surface area contributed by atoms with Gasteiger partial charge < -0.3 is 16.2 Å². The Bertz CT molecular complexity index is 551. The first kappa shape index (κ1) is 17.7. The van der Waals surface area contributed by atoms with E-state index in [9.17, 15) is 26.4 Å². The molecule has 0 spiro atoms. The number of nitrogens with two attached hydrogens (primary N) is 1. The molecule has 0 saturated carbocycles. The van der Waals surface area contributed by atoms with Crippen molar-refractivity contribution in [3.8, 4) is 0 Å². The molecule has 0 heterocycles. The summed E-state index contributed by atoms with van der Waals surface area (Å²) in [6.45, 7) is -1.88. The lowest BCUT2D eigenvalue weighted by Crippen LogP contribution is -2.48. The molecule has 1 amide bonds. The van der Waals surface area contributed by atoms with Crippen LogP contribution in [0.15, 0.2) is 0 Å². The van der Waals surface area contributed by atoms with Gasteiger partial charge in [-0.15, -0.1) is 0 Å². The number of hydrogen-bond acceptors (Lipinski definition) is 7. The van der Waals surface area contributed by atoms with E-state index in [0.717, 1.165) is 0 Å². The molecule has 112 valence electrons. The SMILES string of the molecule is NCC(C(=O)NCC(C(=O)O)S(=O)(=O)O)S(=O)(=O)O. The second kappa shape index (κ2) is 6.25. The molecule has 0 rings (SSSR count). The minimum Gasteiger partial charge on any atom is -0.480 e. The van der Waals surface area contributed by atoms with Gasteiger partial charge in [-0.2, -0.15) is 16.8 Å². The smallest absolute Gasteiger partial charge is 0.326 e. The summed E-state index contributed by atoms with van der Waals surface area (Å²) in [4.78, 5) is 21.8. The molecule has 11 nitrogen and oxygen atoms in total. The molecular formula is C6H12N2O9S2. The van der Waals surface area contributed by atoms with Crippen LogP contribution in [0.1, 0.15) is 0 Å². The molecule has 0 aliphatic rings. The summed E-state index contributed by atoms with van der Waals surface area (Å²) in [5.74, 6) is -3.33. The second-order valence-electron chi connectivity index (χ2n) is 3.33. The minimum atomic E-state index is -4.99. The van der Waals surface area contributed by atoms with Crippen LogP contribution in [0.5, 0.6) is 0 Å². The fourth-order valence-corrected chi connectivity index (χ4v) is 2.14. The molecule has 0 fully saturated rings. The number of amides is 1. The zero-order valence-corrected chi connectivity index (χ0v) is 10.9. The van der Waals surface area contributed by atoms with E-state index in [2.05, 4.69) is 0 Å². The molecule has 6 N–H and O–H groups in total. The maximum absolute atomic E-state index is 11.3. The van der Waals surface area contributed by atoms with Gasteiger partial charge in [0.15, 0.2) is 5.25 Å². The van der Waals surface area contributed by atoms with Crippen LogP contribution in [0.4, 0.5) is 0 Å². The molecule has 2 atom stereocenters. The Balaban J connectivity index is 4.90. The van der Waals surface area contributed by atoms with E-state index in [1.54, 1.807) is 5.32 Å². The van der Waals surface area contributed by atoms with Gasteiger partial charge in [0.05, 0.1) is 0 Å². The number of carbonyl (C=O) groups excluding carboxylic acids is 1. The van der Waals surface area contributed by atoms with Gasteiger partial charge in [-0.25, -0.2) is 0 Å². The number of aliphatic carboxylic acids is 1. The lowest BCUT2D eigenvalue weighted by atomic mass is 10.3. The third-order valence-electron chi connectivity index (χ3n) is 1.96. The number of carboxylic acids is 1. The van der Waals surface area contributed by atoms with Crippen molar-refractivity contribution in [1.82, 2.24) is 5.32 Å². The highest BCUT2D eigenvalue weighted by Gasteiger charge is 2.34. The average molecular weight is 320 g/mol. The van der Waals surface area contributed by atoms with Crippen molar-refractivity contribution in [3.63, 3.8) is 0 Å². The molecule has 0 aromatic heterocycles. The van der Waals surface area contributed by atoms with E-state index in [1.807, 2.05) is 0 Å². The van der Waals surface area contributed by atoms with Crippen LogP contribution in [0, 0.1) is 0 Å². The molecule has 19 heavy (non-hydrogen) atoms. The van der Waals surface area contributed by atoms with Crippen molar-refractivity contribution in [3.05, 3.63) is 0 Å². The monoisotopic (exact) mass is 320 g/mol. The zero-order chi connectivity index (χ0) is 15.4. The van der Waals surface area contributed by atoms with E-state index < -0.39 is 55.7 Å². The van der Waals surface area contributed by atoms with E-state index in [1.165, 1.54) is 0 Å².